The zero-order valence-electron chi connectivity index (χ0n) is 17.5. The Kier molecular flexibility index (Phi) is 8.05. The van der Waals surface area contributed by atoms with Crippen molar-refractivity contribution in [3.05, 3.63) is 58.1 Å². The molecule has 0 aliphatic heterocycles. The highest BCUT2D eigenvalue weighted by Crippen LogP contribution is 2.24. The van der Waals surface area contributed by atoms with Crippen molar-refractivity contribution in [1.82, 2.24) is 10.2 Å². The maximum atomic E-state index is 12.5. The van der Waals surface area contributed by atoms with Crippen molar-refractivity contribution in [2.45, 2.75) is 33.4 Å². The van der Waals surface area contributed by atoms with E-state index in [1.54, 1.807) is 26.2 Å². The van der Waals surface area contributed by atoms with Crippen LogP contribution in [-0.4, -0.2) is 43.5 Å². The van der Waals surface area contributed by atoms with E-state index in [2.05, 4.69) is 10.6 Å². The van der Waals surface area contributed by atoms with E-state index < -0.39 is 6.04 Å². The molecule has 0 saturated heterocycles. The van der Waals surface area contributed by atoms with E-state index >= 15 is 0 Å². The highest BCUT2D eigenvalue weighted by atomic mass is 35.5. The van der Waals surface area contributed by atoms with Crippen LogP contribution in [0.3, 0.4) is 0 Å². The molecular weight excluding hydrogens is 390 g/mol. The number of aryl methyl sites for hydroxylation is 2. The van der Waals surface area contributed by atoms with Crippen molar-refractivity contribution in [3.63, 3.8) is 0 Å². The summed E-state index contributed by atoms with van der Waals surface area (Å²) in [5.41, 5.74) is 3.63. The second kappa shape index (κ2) is 10.3. The fourth-order valence-corrected chi connectivity index (χ4v) is 3.18. The van der Waals surface area contributed by atoms with E-state index in [0.29, 0.717) is 17.3 Å². The largest absolute Gasteiger partial charge is 0.496 e. The summed E-state index contributed by atoms with van der Waals surface area (Å²) in [6, 6.07) is 10.7. The molecule has 2 N–H and O–H groups in total. The van der Waals surface area contributed by atoms with Gasteiger partial charge in [0, 0.05) is 22.8 Å². The average molecular weight is 418 g/mol. The predicted octanol–water partition coefficient (Wildman–Crippen LogP) is 3.54. The molecule has 0 spiro atoms. The molecular formula is C22H28ClN3O3. The molecule has 2 aromatic rings. The summed E-state index contributed by atoms with van der Waals surface area (Å²) in [5.74, 6) is 0.217. The standard InChI is InChI=1S/C22H28ClN3O3/c1-14-7-6-8-15(2)21(14)25-20(27)12-24-22(28)16(3)26(4)13-17-11-18(23)9-10-19(17)29-5/h6-11,16H,12-13H2,1-5H3,(H,24,28)(H,25,27)/t16-/m0/s1. The third-order valence-corrected chi connectivity index (χ3v) is 5.11. The first kappa shape index (κ1) is 22.7. The van der Waals surface area contributed by atoms with Gasteiger partial charge in [0.25, 0.3) is 0 Å². The number of ether oxygens (including phenoxy) is 1. The summed E-state index contributed by atoms with van der Waals surface area (Å²) in [7, 11) is 3.43. The van der Waals surface area contributed by atoms with Gasteiger partial charge in [-0.15, -0.1) is 0 Å². The summed E-state index contributed by atoms with van der Waals surface area (Å²) in [6.07, 6.45) is 0. The highest BCUT2D eigenvalue weighted by molar-refractivity contribution is 6.30. The third-order valence-electron chi connectivity index (χ3n) is 4.87. The SMILES string of the molecule is COc1ccc(Cl)cc1CN(C)[C@@H](C)C(=O)NCC(=O)Nc1c(C)cccc1C. The quantitative estimate of drug-likeness (QED) is 0.689. The molecule has 0 radical (unpaired) electrons. The van der Waals surface area contributed by atoms with E-state index in [4.69, 9.17) is 16.3 Å². The molecule has 2 aromatic carbocycles. The van der Waals surface area contributed by atoms with Crippen molar-refractivity contribution in [2.75, 3.05) is 26.0 Å². The molecule has 29 heavy (non-hydrogen) atoms. The number of para-hydroxylation sites is 1. The number of rotatable bonds is 8. The Morgan fingerprint density at radius 1 is 1.17 bits per heavy atom. The number of carbonyl (C=O) groups is 2. The molecule has 0 unspecified atom stereocenters. The molecule has 0 bridgehead atoms. The molecule has 156 valence electrons. The van der Waals surface area contributed by atoms with Gasteiger partial charge in [-0.3, -0.25) is 14.5 Å². The first-order chi connectivity index (χ1) is 13.7. The Labute approximate surface area is 177 Å². The van der Waals surface area contributed by atoms with Crippen LogP contribution in [0.2, 0.25) is 5.02 Å². The van der Waals surface area contributed by atoms with E-state index in [1.165, 1.54) is 0 Å². The van der Waals surface area contributed by atoms with Crippen molar-refractivity contribution in [1.29, 1.82) is 0 Å². The van der Waals surface area contributed by atoms with E-state index in [0.717, 1.165) is 22.4 Å². The van der Waals surface area contributed by atoms with Gasteiger partial charge in [-0.2, -0.15) is 0 Å². The van der Waals surface area contributed by atoms with Crippen LogP contribution in [0.25, 0.3) is 0 Å². The van der Waals surface area contributed by atoms with Crippen molar-refractivity contribution < 1.29 is 14.3 Å². The molecule has 0 aliphatic carbocycles. The second-order valence-corrected chi connectivity index (χ2v) is 7.52. The van der Waals surface area contributed by atoms with Crippen LogP contribution < -0.4 is 15.4 Å². The number of methoxy groups -OCH3 is 1. The molecule has 0 aliphatic rings. The number of carbonyl (C=O) groups excluding carboxylic acids is 2. The summed E-state index contributed by atoms with van der Waals surface area (Å²) in [5, 5.41) is 6.17. The molecule has 0 fully saturated rings. The lowest BCUT2D eigenvalue weighted by atomic mass is 10.1. The van der Waals surface area contributed by atoms with E-state index in [1.807, 2.05) is 50.1 Å². The van der Waals surface area contributed by atoms with Gasteiger partial charge in [0.05, 0.1) is 19.7 Å². The van der Waals surface area contributed by atoms with Crippen LogP contribution in [0.5, 0.6) is 5.75 Å². The summed E-state index contributed by atoms with van der Waals surface area (Å²) < 4.78 is 5.36. The van der Waals surface area contributed by atoms with E-state index in [-0.39, 0.29) is 18.4 Å². The first-order valence-corrected chi connectivity index (χ1v) is 9.77. The first-order valence-electron chi connectivity index (χ1n) is 9.39. The number of hydrogen-bond acceptors (Lipinski definition) is 4. The minimum absolute atomic E-state index is 0.0920. The maximum absolute atomic E-state index is 12.5. The average Bonchev–Trinajstić information content (AvgIpc) is 2.68. The van der Waals surface area contributed by atoms with Crippen LogP contribution in [0.4, 0.5) is 5.69 Å². The molecule has 2 amide bonds. The molecule has 0 aromatic heterocycles. The highest BCUT2D eigenvalue weighted by Gasteiger charge is 2.20. The summed E-state index contributed by atoms with van der Waals surface area (Å²) >= 11 is 6.07. The Hall–Kier alpha value is -2.57. The molecule has 7 heteroatoms. The number of anilines is 1. The Bertz CT molecular complexity index is 865. The van der Waals surface area contributed by atoms with Gasteiger partial charge in [0.2, 0.25) is 11.8 Å². The van der Waals surface area contributed by atoms with Gasteiger partial charge in [-0.25, -0.2) is 0 Å². The van der Waals surface area contributed by atoms with Crippen molar-refractivity contribution >= 4 is 29.1 Å². The number of halogens is 1. The lowest BCUT2D eigenvalue weighted by Crippen LogP contribution is -2.45. The topological polar surface area (TPSA) is 70.7 Å². The monoisotopic (exact) mass is 417 g/mol. The Balaban J connectivity index is 1.91. The fourth-order valence-electron chi connectivity index (χ4n) is 2.99. The number of benzene rings is 2. The zero-order valence-corrected chi connectivity index (χ0v) is 18.3. The molecule has 6 nitrogen and oxygen atoms in total. The smallest absolute Gasteiger partial charge is 0.243 e. The zero-order chi connectivity index (χ0) is 21.6. The van der Waals surface area contributed by atoms with Crippen LogP contribution in [0.15, 0.2) is 36.4 Å². The van der Waals surface area contributed by atoms with Crippen molar-refractivity contribution in [3.8, 4) is 5.75 Å². The van der Waals surface area contributed by atoms with E-state index in [9.17, 15) is 9.59 Å². The van der Waals surface area contributed by atoms with Crippen molar-refractivity contribution in [2.24, 2.45) is 0 Å². The maximum Gasteiger partial charge on any atom is 0.243 e. The van der Waals surface area contributed by atoms with Crippen LogP contribution >= 0.6 is 11.6 Å². The fraction of sp³-hybridized carbons (Fsp3) is 0.364. The van der Waals surface area contributed by atoms with Crippen LogP contribution in [0.1, 0.15) is 23.6 Å². The predicted molar refractivity (Wildman–Crippen MR) is 116 cm³/mol. The van der Waals surface area contributed by atoms with Gasteiger partial charge >= 0.3 is 0 Å². The number of amides is 2. The van der Waals surface area contributed by atoms with Gasteiger partial charge in [-0.1, -0.05) is 29.8 Å². The molecule has 0 heterocycles. The van der Waals surface area contributed by atoms with Gasteiger partial charge in [-0.05, 0) is 57.1 Å². The molecule has 0 saturated carbocycles. The molecule has 1 atom stereocenters. The third kappa shape index (κ3) is 6.21. The number of nitrogens with zero attached hydrogens (tertiary/aromatic N) is 1. The number of hydrogen-bond donors (Lipinski definition) is 2. The van der Waals surface area contributed by atoms with Gasteiger partial charge < -0.3 is 15.4 Å². The minimum atomic E-state index is -0.438. The molecule has 2 rings (SSSR count). The minimum Gasteiger partial charge on any atom is -0.496 e. The van der Waals surface area contributed by atoms with Gasteiger partial charge in [0.15, 0.2) is 0 Å². The Morgan fingerprint density at radius 3 is 2.45 bits per heavy atom. The lowest BCUT2D eigenvalue weighted by molar-refractivity contribution is -0.127. The van der Waals surface area contributed by atoms with Gasteiger partial charge in [0.1, 0.15) is 5.75 Å². The second-order valence-electron chi connectivity index (χ2n) is 7.08. The number of likely N-dealkylation sites (N-methyl/N-ethyl adjacent to an activating group) is 1. The van der Waals surface area contributed by atoms with Crippen LogP contribution in [0, 0.1) is 13.8 Å². The van der Waals surface area contributed by atoms with Crippen LogP contribution in [-0.2, 0) is 16.1 Å². The summed E-state index contributed by atoms with van der Waals surface area (Å²) in [4.78, 5) is 26.6. The summed E-state index contributed by atoms with van der Waals surface area (Å²) in [6.45, 7) is 6.04. The Morgan fingerprint density at radius 2 is 1.83 bits per heavy atom. The lowest BCUT2D eigenvalue weighted by Gasteiger charge is -2.24. The number of nitrogens with one attached hydrogen (secondary N) is 2. The normalized spacial score (nSPS) is 11.8.